The summed E-state index contributed by atoms with van der Waals surface area (Å²) in [6.07, 6.45) is 5.28. The normalized spacial score (nSPS) is 22.3. The van der Waals surface area contributed by atoms with Crippen LogP contribution in [0.25, 0.3) is 0 Å². The number of carbonyl (C=O) groups is 1. The average Bonchev–Trinajstić information content (AvgIpc) is 3.23. The highest BCUT2D eigenvalue weighted by Crippen LogP contribution is 2.34. The second-order valence-electron chi connectivity index (χ2n) is 6.78. The Labute approximate surface area is 127 Å². The summed E-state index contributed by atoms with van der Waals surface area (Å²) in [6.45, 7) is 5.77. The van der Waals surface area contributed by atoms with Crippen molar-refractivity contribution in [3.05, 3.63) is 35.4 Å². The summed E-state index contributed by atoms with van der Waals surface area (Å²) < 4.78 is 0. The van der Waals surface area contributed by atoms with Crippen LogP contribution in [0, 0.1) is 5.92 Å². The Morgan fingerprint density at radius 1 is 1.24 bits per heavy atom. The second kappa shape index (κ2) is 6.18. The van der Waals surface area contributed by atoms with Crippen LogP contribution >= 0.6 is 0 Å². The third kappa shape index (κ3) is 3.46. The first-order chi connectivity index (χ1) is 10.1. The van der Waals surface area contributed by atoms with Gasteiger partial charge in [-0.25, -0.2) is 0 Å². The average molecular weight is 286 g/mol. The molecule has 0 spiro atoms. The summed E-state index contributed by atoms with van der Waals surface area (Å²) in [5.74, 6) is 1.73. The maximum atomic E-state index is 12.1. The van der Waals surface area contributed by atoms with Crippen LogP contribution in [-0.4, -0.2) is 23.9 Å². The molecule has 1 saturated heterocycles. The lowest BCUT2D eigenvalue weighted by atomic mass is 10.0. The molecule has 1 atom stereocenters. The lowest BCUT2D eigenvalue weighted by molar-refractivity contribution is -0.128. The van der Waals surface area contributed by atoms with E-state index in [9.17, 15) is 4.79 Å². The standard InChI is InChI=1S/C18H26N2O/c1-13(2)15-7-9-16(10-8-15)18-19-12-17(21)20(18)11-3-4-14-5-6-14/h7-10,13-14,18-19H,3-6,11-12H2,1-2H3. The van der Waals surface area contributed by atoms with Crippen molar-refractivity contribution in [1.29, 1.82) is 0 Å². The second-order valence-corrected chi connectivity index (χ2v) is 6.78. The fraction of sp³-hybridized carbons (Fsp3) is 0.611. The molecule has 1 amide bonds. The molecule has 1 heterocycles. The lowest BCUT2D eigenvalue weighted by Gasteiger charge is -2.25. The predicted octanol–water partition coefficient (Wildman–Crippen LogP) is 3.43. The van der Waals surface area contributed by atoms with Crippen molar-refractivity contribution >= 4 is 5.91 Å². The van der Waals surface area contributed by atoms with Crippen LogP contribution in [0.3, 0.4) is 0 Å². The van der Waals surface area contributed by atoms with Crippen LogP contribution < -0.4 is 5.32 Å². The van der Waals surface area contributed by atoms with E-state index in [2.05, 4.69) is 43.4 Å². The molecule has 1 saturated carbocycles. The maximum absolute atomic E-state index is 12.1. The van der Waals surface area contributed by atoms with Crippen molar-refractivity contribution in [1.82, 2.24) is 10.2 Å². The van der Waals surface area contributed by atoms with Crippen molar-refractivity contribution in [2.24, 2.45) is 5.92 Å². The first-order valence-electron chi connectivity index (χ1n) is 8.28. The van der Waals surface area contributed by atoms with Gasteiger partial charge in [-0.1, -0.05) is 51.0 Å². The van der Waals surface area contributed by atoms with Gasteiger partial charge in [0.05, 0.1) is 6.54 Å². The molecule has 3 heteroatoms. The van der Waals surface area contributed by atoms with E-state index in [1.54, 1.807) is 0 Å². The Balaban J connectivity index is 1.64. The molecule has 0 aromatic heterocycles. The smallest absolute Gasteiger partial charge is 0.238 e. The number of nitrogens with zero attached hydrogens (tertiary/aromatic N) is 1. The van der Waals surface area contributed by atoms with E-state index >= 15 is 0 Å². The molecule has 1 aliphatic heterocycles. The van der Waals surface area contributed by atoms with Gasteiger partial charge in [0.15, 0.2) is 0 Å². The van der Waals surface area contributed by atoms with E-state index in [4.69, 9.17) is 0 Å². The van der Waals surface area contributed by atoms with E-state index in [-0.39, 0.29) is 12.1 Å². The molecule has 2 aliphatic rings. The van der Waals surface area contributed by atoms with Crippen LogP contribution in [0.1, 0.15) is 62.7 Å². The number of carbonyl (C=O) groups excluding carboxylic acids is 1. The van der Waals surface area contributed by atoms with Gasteiger partial charge in [-0.2, -0.15) is 0 Å². The molecule has 3 nitrogen and oxygen atoms in total. The van der Waals surface area contributed by atoms with Gasteiger partial charge >= 0.3 is 0 Å². The molecule has 1 aromatic rings. The van der Waals surface area contributed by atoms with Gasteiger partial charge in [-0.3, -0.25) is 10.1 Å². The van der Waals surface area contributed by atoms with E-state index in [1.165, 1.54) is 30.4 Å². The minimum Gasteiger partial charge on any atom is -0.322 e. The quantitative estimate of drug-likeness (QED) is 0.869. The zero-order valence-electron chi connectivity index (χ0n) is 13.1. The maximum Gasteiger partial charge on any atom is 0.238 e. The van der Waals surface area contributed by atoms with E-state index in [0.717, 1.165) is 18.9 Å². The molecular formula is C18H26N2O. The molecule has 21 heavy (non-hydrogen) atoms. The van der Waals surface area contributed by atoms with Crippen molar-refractivity contribution in [3.63, 3.8) is 0 Å². The van der Waals surface area contributed by atoms with Gasteiger partial charge < -0.3 is 4.90 Å². The monoisotopic (exact) mass is 286 g/mol. The lowest BCUT2D eigenvalue weighted by Crippen LogP contribution is -2.31. The number of rotatable bonds is 6. The SMILES string of the molecule is CC(C)c1ccc(C2NCC(=O)N2CCCC2CC2)cc1. The first-order valence-corrected chi connectivity index (χ1v) is 8.28. The van der Waals surface area contributed by atoms with Gasteiger partial charge in [0.2, 0.25) is 5.91 Å². The molecule has 1 unspecified atom stereocenters. The molecular weight excluding hydrogens is 260 g/mol. The number of amides is 1. The Hall–Kier alpha value is -1.35. The minimum atomic E-state index is 0.0675. The highest BCUT2D eigenvalue weighted by Gasteiger charge is 2.31. The third-order valence-electron chi connectivity index (χ3n) is 4.71. The Morgan fingerprint density at radius 3 is 2.57 bits per heavy atom. The van der Waals surface area contributed by atoms with Crippen molar-refractivity contribution < 1.29 is 4.79 Å². The largest absolute Gasteiger partial charge is 0.322 e. The van der Waals surface area contributed by atoms with Crippen LogP contribution in [0.15, 0.2) is 24.3 Å². The number of hydrogen-bond acceptors (Lipinski definition) is 2. The summed E-state index contributed by atoms with van der Waals surface area (Å²) >= 11 is 0. The molecule has 2 fully saturated rings. The van der Waals surface area contributed by atoms with Crippen LogP contribution in [0.2, 0.25) is 0 Å². The zero-order valence-corrected chi connectivity index (χ0v) is 13.1. The van der Waals surface area contributed by atoms with Gasteiger partial charge in [0.25, 0.3) is 0 Å². The number of nitrogens with one attached hydrogen (secondary N) is 1. The summed E-state index contributed by atoms with van der Waals surface area (Å²) in [6, 6.07) is 8.71. The number of hydrogen-bond donors (Lipinski definition) is 1. The van der Waals surface area contributed by atoms with Gasteiger partial charge in [-0.05, 0) is 35.8 Å². The van der Waals surface area contributed by atoms with Crippen LogP contribution in [0.4, 0.5) is 0 Å². The Morgan fingerprint density at radius 2 is 1.95 bits per heavy atom. The molecule has 0 radical (unpaired) electrons. The summed E-state index contributed by atoms with van der Waals surface area (Å²) in [5.41, 5.74) is 2.56. The third-order valence-corrected chi connectivity index (χ3v) is 4.71. The molecule has 114 valence electrons. The topological polar surface area (TPSA) is 32.3 Å². The minimum absolute atomic E-state index is 0.0675. The van der Waals surface area contributed by atoms with Crippen molar-refractivity contribution in [3.8, 4) is 0 Å². The molecule has 3 rings (SSSR count). The van der Waals surface area contributed by atoms with Crippen molar-refractivity contribution in [2.75, 3.05) is 13.1 Å². The highest BCUT2D eigenvalue weighted by molar-refractivity contribution is 5.80. The predicted molar refractivity (Wildman–Crippen MR) is 84.9 cm³/mol. The number of benzene rings is 1. The fourth-order valence-corrected chi connectivity index (χ4v) is 3.11. The van der Waals surface area contributed by atoms with E-state index in [0.29, 0.717) is 12.5 Å². The van der Waals surface area contributed by atoms with Crippen molar-refractivity contribution in [2.45, 2.75) is 51.6 Å². The zero-order chi connectivity index (χ0) is 14.8. The van der Waals surface area contributed by atoms with Gasteiger partial charge in [0.1, 0.15) is 6.17 Å². The Bertz CT molecular complexity index is 490. The first kappa shape index (κ1) is 14.6. The Kier molecular flexibility index (Phi) is 4.29. The molecule has 1 aromatic carbocycles. The molecule has 1 N–H and O–H groups in total. The van der Waals surface area contributed by atoms with Gasteiger partial charge in [0, 0.05) is 6.54 Å². The summed E-state index contributed by atoms with van der Waals surface area (Å²) in [7, 11) is 0. The van der Waals surface area contributed by atoms with Crippen LogP contribution in [0.5, 0.6) is 0 Å². The van der Waals surface area contributed by atoms with E-state index in [1.807, 2.05) is 4.90 Å². The van der Waals surface area contributed by atoms with Crippen LogP contribution in [-0.2, 0) is 4.79 Å². The fourth-order valence-electron chi connectivity index (χ4n) is 3.11. The highest BCUT2D eigenvalue weighted by atomic mass is 16.2. The summed E-state index contributed by atoms with van der Waals surface area (Å²) in [4.78, 5) is 14.1. The van der Waals surface area contributed by atoms with Gasteiger partial charge in [-0.15, -0.1) is 0 Å². The molecule has 1 aliphatic carbocycles. The summed E-state index contributed by atoms with van der Waals surface area (Å²) in [5, 5.41) is 3.35. The van der Waals surface area contributed by atoms with E-state index < -0.39 is 0 Å². The molecule has 0 bridgehead atoms.